The van der Waals surface area contributed by atoms with Gasteiger partial charge in [0.05, 0.1) is 19.2 Å². The number of rotatable bonds is 8. The maximum absolute atomic E-state index is 11.2. The molecule has 2 atom stereocenters. The number of pyridine rings is 1. The Kier molecular flexibility index (Phi) is 6.11. The van der Waals surface area contributed by atoms with E-state index in [4.69, 9.17) is 9.47 Å². The summed E-state index contributed by atoms with van der Waals surface area (Å²) in [6, 6.07) is 10.1. The largest absolute Gasteiger partial charge is 0.489 e. The molecule has 1 aliphatic carbocycles. The van der Waals surface area contributed by atoms with Crippen molar-refractivity contribution in [2.45, 2.75) is 52.2 Å². The number of hydrogen-bond acceptors (Lipinski definition) is 5. The number of aryl methyl sites for hydroxylation is 1. The lowest BCUT2D eigenvalue weighted by Crippen LogP contribution is -2.25. The van der Waals surface area contributed by atoms with Crippen molar-refractivity contribution in [2.75, 3.05) is 24.6 Å². The van der Waals surface area contributed by atoms with Crippen LogP contribution in [0.25, 0.3) is 0 Å². The molecular weight excluding hydrogens is 378 g/mol. The third-order valence-corrected chi connectivity index (χ3v) is 5.80. The Balaban J connectivity index is 1.34. The minimum atomic E-state index is -0.0265. The summed E-state index contributed by atoms with van der Waals surface area (Å²) in [5, 5.41) is 2.90. The summed E-state index contributed by atoms with van der Waals surface area (Å²) in [6.07, 6.45) is 5.57. The molecule has 1 aliphatic heterocycles. The van der Waals surface area contributed by atoms with Crippen molar-refractivity contribution in [1.29, 1.82) is 0 Å². The van der Waals surface area contributed by atoms with E-state index in [1.165, 1.54) is 25.5 Å². The van der Waals surface area contributed by atoms with Crippen molar-refractivity contribution in [3.63, 3.8) is 0 Å². The summed E-state index contributed by atoms with van der Waals surface area (Å²) < 4.78 is 12.1. The van der Waals surface area contributed by atoms with Crippen LogP contribution >= 0.6 is 0 Å². The molecule has 0 spiro atoms. The van der Waals surface area contributed by atoms with E-state index in [0.29, 0.717) is 5.92 Å². The van der Waals surface area contributed by atoms with Crippen LogP contribution in [0.4, 0.5) is 5.69 Å². The van der Waals surface area contributed by atoms with Gasteiger partial charge in [-0.3, -0.25) is 4.79 Å². The van der Waals surface area contributed by atoms with Gasteiger partial charge in [0.15, 0.2) is 0 Å². The second-order valence-electron chi connectivity index (χ2n) is 8.53. The average molecular weight is 410 g/mol. The summed E-state index contributed by atoms with van der Waals surface area (Å²) in [7, 11) is 0. The molecule has 30 heavy (non-hydrogen) atoms. The number of carbonyl (C=O) groups excluding carboxylic acids is 1. The second kappa shape index (κ2) is 8.94. The minimum absolute atomic E-state index is 0.00971. The number of aromatic nitrogens is 1. The van der Waals surface area contributed by atoms with Crippen LogP contribution in [0.15, 0.2) is 36.5 Å². The second-order valence-corrected chi connectivity index (χ2v) is 8.53. The van der Waals surface area contributed by atoms with Crippen molar-refractivity contribution in [2.24, 2.45) is 5.92 Å². The first kappa shape index (κ1) is 20.5. The fourth-order valence-corrected chi connectivity index (χ4v) is 3.86. The van der Waals surface area contributed by atoms with Gasteiger partial charge in [-0.05, 0) is 55.9 Å². The lowest BCUT2D eigenvalue weighted by Gasteiger charge is -2.22. The smallest absolute Gasteiger partial charge is 0.217 e. The van der Waals surface area contributed by atoms with Crippen LogP contribution < -0.4 is 19.7 Å². The highest BCUT2D eigenvalue weighted by atomic mass is 16.5. The van der Waals surface area contributed by atoms with E-state index in [1.54, 1.807) is 0 Å². The molecule has 0 radical (unpaired) electrons. The zero-order chi connectivity index (χ0) is 21.1. The molecule has 0 bridgehead atoms. The van der Waals surface area contributed by atoms with Gasteiger partial charge in [0.25, 0.3) is 0 Å². The van der Waals surface area contributed by atoms with Gasteiger partial charge >= 0.3 is 0 Å². The molecule has 6 nitrogen and oxygen atoms in total. The van der Waals surface area contributed by atoms with E-state index in [0.717, 1.165) is 48.9 Å². The zero-order valence-corrected chi connectivity index (χ0v) is 18.1. The molecule has 1 aromatic carbocycles. The standard InChI is InChI=1S/C24H31N3O3/c1-16-13-25-24(29-15-19-4-5-19)12-23(16)27-11-10-22(14-27)30-21-8-6-20(7-9-21)17(2)26-18(3)28/h6-9,12-13,17,19,22H,4-5,10-11,14-15H2,1-3H3,(H,26,28)/t17-,22+/m0/s1. The molecule has 2 aliphatic rings. The van der Waals surface area contributed by atoms with Crippen molar-refractivity contribution < 1.29 is 14.3 Å². The van der Waals surface area contributed by atoms with Crippen LogP contribution in [0.3, 0.4) is 0 Å². The van der Waals surface area contributed by atoms with Crippen LogP contribution in [-0.2, 0) is 4.79 Å². The monoisotopic (exact) mass is 409 g/mol. The van der Waals surface area contributed by atoms with E-state index in [9.17, 15) is 4.79 Å². The number of ether oxygens (including phenoxy) is 2. The fraction of sp³-hybridized carbons (Fsp3) is 0.500. The van der Waals surface area contributed by atoms with E-state index >= 15 is 0 Å². The number of benzene rings is 1. The van der Waals surface area contributed by atoms with Crippen molar-refractivity contribution in [3.05, 3.63) is 47.7 Å². The predicted molar refractivity (Wildman–Crippen MR) is 117 cm³/mol. The summed E-state index contributed by atoms with van der Waals surface area (Å²) in [5.74, 6) is 2.27. The van der Waals surface area contributed by atoms with Gasteiger partial charge in [0, 0.05) is 37.8 Å². The molecule has 1 saturated heterocycles. The van der Waals surface area contributed by atoms with Gasteiger partial charge in [-0.25, -0.2) is 4.98 Å². The highest BCUT2D eigenvalue weighted by Gasteiger charge is 2.26. The Hall–Kier alpha value is -2.76. The normalized spacial score (nSPS) is 19.4. The van der Waals surface area contributed by atoms with Gasteiger partial charge in [0.2, 0.25) is 11.8 Å². The topological polar surface area (TPSA) is 63.7 Å². The quantitative estimate of drug-likeness (QED) is 0.713. The van der Waals surface area contributed by atoms with Crippen LogP contribution in [0.2, 0.25) is 0 Å². The summed E-state index contributed by atoms with van der Waals surface area (Å²) in [6.45, 7) is 8.18. The highest BCUT2D eigenvalue weighted by molar-refractivity contribution is 5.73. The average Bonchev–Trinajstić information content (AvgIpc) is 3.44. The molecule has 1 N–H and O–H groups in total. The molecule has 6 heteroatoms. The number of nitrogens with one attached hydrogen (secondary N) is 1. The Morgan fingerprint density at radius 1 is 1.27 bits per heavy atom. The Morgan fingerprint density at radius 2 is 2.03 bits per heavy atom. The zero-order valence-electron chi connectivity index (χ0n) is 18.1. The molecule has 160 valence electrons. The van der Waals surface area contributed by atoms with Gasteiger partial charge in [0.1, 0.15) is 11.9 Å². The van der Waals surface area contributed by atoms with E-state index in [1.807, 2.05) is 37.4 Å². The van der Waals surface area contributed by atoms with Crippen LogP contribution in [-0.4, -0.2) is 36.7 Å². The first-order valence-corrected chi connectivity index (χ1v) is 10.9. The number of carbonyl (C=O) groups is 1. The molecule has 2 aromatic rings. The van der Waals surface area contributed by atoms with Crippen molar-refractivity contribution in [1.82, 2.24) is 10.3 Å². The highest BCUT2D eigenvalue weighted by Crippen LogP contribution is 2.32. The fourth-order valence-electron chi connectivity index (χ4n) is 3.86. The molecule has 2 fully saturated rings. The minimum Gasteiger partial charge on any atom is -0.489 e. The van der Waals surface area contributed by atoms with Gasteiger partial charge < -0.3 is 19.7 Å². The van der Waals surface area contributed by atoms with Crippen molar-refractivity contribution >= 4 is 11.6 Å². The van der Waals surface area contributed by atoms with Crippen LogP contribution in [0.1, 0.15) is 50.3 Å². The lowest BCUT2D eigenvalue weighted by molar-refractivity contribution is -0.119. The maximum atomic E-state index is 11.2. The molecule has 1 amide bonds. The van der Waals surface area contributed by atoms with E-state index in [2.05, 4.69) is 28.2 Å². The van der Waals surface area contributed by atoms with Crippen LogP contribution in [0.5, 0.6) is 11.6 Å². The van der Waals surface area contributed by atoms with Gasteiger partial charge in [-0.2, -0.15) is 0 Å². The predicted octanol–water partition coefficient (Wildman–Crippen LogP) is 4.03. The maximum Gasteiger partial charge on any atom is 0.217 e. The Labute approximate surface area is 178 Å². The number of anilines is 1. The Morgan fingerprint density at radius 3 is 2.73 bits per heavy atom. The summed E-state index contributed by atoms with van der Waals surface area (Å²) >= 11 is 0. The number of hydrogen-bond donors (Lipinski definition) is 1. The van der Waals surface area contributed by atoms with E-state index < -0.39 is 0 Å². The third-order valence-electron chi connectivity index (χ3n) is 5.80. The number of amides is 1. The first-order valence-electron chi connectivity index (χ1n) is 10.9. The molecule has 0 unspecified atom stereocenters. The molecule has 1 aromatic heterocycles. The third kappa shape index (κ3) is 5.23. The number of nitrogens with zero attached hydrogens (tertiary/aromatic N) is 2. The van der Waals surface area contributed by atoms with Crippen molar-refractivity contribution in [3.8, 4) is 11.6 Å². The van der Waals surface area contributed by atoms with Gasteiger partial charge in [-0.15, -0.1) is 0 Å². The van der Waals surface area contributed by atoms with Crippen LogP contribution in [0, 0.1) is 12.8 Å². The van der Waals surface area contributed by atoms with Gasteiger partial charge in [-0.1, -0.05) is 12.1 Å². The Bertz CT molecular complexity index is 880. The lowest BCUT2D eigenvalue weighted by atomic mass is 10.1. The molecular formula is C24H31N3O3. The summed E-state index contributed by atoms with van der Waals surface area (Å²) in [4.78, 5) is 18.0. The molecule has 2 heterocycles. The molecule has 1 saturated carbocycles. The SMILES string of the molecule is CC(=O)N[C@@H](C)c1ccc(O[C@@H]2CCN(c3cc(OCC4CC4)ncc3C)C2)cc1. The summed E-state index contributed by atoms with van der Waals surface area (Å²) in [5.41, 5.74) is 3.41. The first-order chi connectivity index (χ1) is 14.5. The molecule has 4 rings (SSSR count). The van der Waals surface area contributed by atoms with E-state index in [-0.39, 0.29) is 18.1 Å².